The van der Waals surface area contributed by atoms with Crippen LogP contribution in [0.25, 0.3) is 0 Å². The zero-order valence-electron chi connectivity index (χ0n) is 9.19. The zero-order valence-corrected chi connectivity index (χ0v) is 9.19. The summed E-state index contributed by atoms with van der Waals surface area (Å²) >= 11 is 0. The van der Waals surface area contributed by atoms with Gasteiger partial charge in [0, 0.05) is 0 Å². The molecule has 1 aromatic rings. The van der Waals surface area contributed by atoms with Gasteiger partial charge in [-0.25, -0.2) is 0 Å². The Hall–Kier alpha value is -0.820. The third-order valence-corrected chi connectivity index (χ3v) is 4.23. The molecule has 0 aliphatic heterocycles. The second kappa shape index (κ2) is 3.08. The van der Waals surface area contributed by atoms with Gasteiger partial charge in [0.1, 0.15) is 0 Å². The van der Waals surface area contributed by atoms with Crippen LogP contribution in [0.4, 0.5) is 0 Å². The first-order valence-electron chi connectivity index (χ1n) is 5.94. The summed E-state index contributed by atoms with van der Waals surface area (Å²) in [7, 11) is 0. The van der Waals surface area contributed by atoms with Crippen molar-refractivity contribution >= 4 is 0 Å². The van der Waals surface area contributed by atoms with Crippen LogP contribution >= 0.6 is 0 Å². The van der Waals surface area contributed by atoms with E-state index in [1.54, 1.807) is 0 Å². The fourth-order valence-corrected chi connectivity index (χ4v) is 2.66. The Kier molecular flexibility index (Phi) is 1.93. The lowest BCUT2D eigenvalue weighted by molar-refractivity contribution is 0.0797. The average Bonchev–Trinajstić information content (AvgIpc) is 3.14. The van der Waals surface area contributed by atoms with Crippen molar-refractivity contribution in [1.29, 1.82) is 0 Å². The summed E-state index contributed by atoms with van der Waals surface area (Å²) in [4.78, 5) is 0. The van der Waals surface area contributed by atoms with E-state index in [0.717, 1.165) is 0 Å². The van der Waals surface area contributed by atoms with Gasteiger partial charge < -0.3 is 5.11 Å². The summed E-state index contributed by atoms with van der Waals surface area (Å²) in [5.41, 5.74) is 1.67. The van der Waals surface area contributed by atoms with Crippen molar-refractivity contribution in [3.05, 3.63) is 35.9 Å². The van der Waals surface area contributed by atoms with Gasteiger partial charge in [0.05, 0.1) is 6.10 Å². The quantitative estimate of drug-likeness (QED) is 0.799. The lowest BCUT2D eigenvalue weighted by Gasteiger charge is -2.17. The van der Waals surface area contributed by atoms with E-state index in [-0.39, 0.29) is 11.5 Å². The van der Waals surface area contributed by atoms with Crippen LogP contribution in [0.15, 0.2) is 30.3 Å². The van der Waals surface area contributed by atoms with Crippen molar-refractivity contribution in [1.82, 2.24) is 0 Å². The fourth-order valence-electron chi connectivity index (χ4n) is 2.66. The Morgan fingerprint density at radius 3 is 2.53 bits per heavy atom. The van der Waals surface area contributed by atoms with Crippen LogP contribution in [0, 0.1) is 11.3 Å². The summed E-state index contributed by atoms with van der Waals surface area (Å²) in [5.74, 6) is 1.15. The van der Waals surface area contributed by atoms with Gasteiger partial charge in [-0.15, -0.1) is 0 Å². The molecule has 3 atom stereocenters. The molecular formula is C14H18O. The second-order valence-corrected chi connectivity index (χ2v) is 5.52. The van der Waals surface area contributed by atoms with Crippen molar-refractivity contribution in [2.45, 2.75) is 38.2 Å². The normalized spacial score (nSPS) is 33.5. The van der Waals surface area contributed by atoms with Crippen molar-refractivity contribution in [3.63, 3.8) is 0 Å². The molecule has 1 heteroatoms. The first kappa shape index (κ1) is 9.41. The third kappa shape index (κ3) is 1.59. The molecule has 0 saturated heterocycles. The van der Waals surface area contributed by atoms with Crippen LogP contribution in [-0.4, -0.2) is 11.2 Å². The molecule has 1 nitrogen and oxygen atoms in total. The highest BCUT2D eigenvalue weighted by molar-refractivity contribution is 5.27. The maximum atomic E-state index is 10.2. The van der Waals surface area contributed by atoms with Crippen molar-refractivity contribution in [3.8, 4) is 0 Å². The van der Waals surface area contributed by atoms with E-state index in [1.165, 1.54) is 24.8 Å². The lowest BCUT2D eigenvalue weighted by Crippen LogP contribution is -2.21. The van der Waals surface area contributed by atoms with Gasteiger partial charge in [0.2, 0.25) is 0 Å². The molecule has 0 spiro atoms. The molecule has 2 aliphatic rings. The Bertz CT molecular complexity index is 353. The van der Waals surface area contributed by atoms with Gasteiger partial charge in [0.25, 0.3) is 0 Å². The van der Waals surface area contributed by atoms with Crippen LogP contribution in [0.1, 0.15) is 37.7 Å². The van der Waals surface area contributed by atoms with E-state index in [9.17, 15) is 5.11 Å². The largest absolute Gasteiger partial charge is 0.392 e. The van der Waals surface area contributed by atoms with E-state index in [4.69, 9.17) is 0 Å². The Labute approximate surface area is 91.1 Å². The highest BCUT2D eigenvalue weighted by atomic mass is 16.3. The summed E-state index contributed by atoms with van der Waals surface area (Å²) in [6.45, 7) is 2.22. The molecule has 15 heavy (non-hydrogen) atoms. The number of rotatable bonds is 3. The molecule has 0 amide bonds. The fraction of sp³-hybridized carbons (Fsp3) is 0.571. The van der Waals surface area contributed by atoms with Gasteiger partial charge in [-0.05, 0) is 42.1 Å². The van der Waals surface area contributed by atoms with Crippen LogP contribution in [0.3, 0.4) is 0 Å². The molecule has 1 aromatic carbocycles. The minimum atomic E-state index is -0.0669. The van der Waals surface area contributed by atoms with Crippen molar-refractivity contribution < 1.29 is 5.11 Å². The molecule has 3 rings (SSSR count). The second-order valence-electron chi connectivity index (χ2n) is 5.52. The predicted molar refractivity (Wildman–Crippen MR) is 60.6 cm³/mol. The number of hydrogen-bond acceptors (Lipinski definition) is 1. The zero-order chi connectivity index (χ0) is 10.5. The third-order valence-electron chi connectivity index (χ3n) is 4.23. The summed E-state index contributed by atoms with van der Waals surface area (Å²) in [5, 5.41) is 10.2. The SMILES string of the molecule is CC1(C(O)C2CC2c2ccccc2)CC1. The van der Waals surface area contributed by atoms with Gasteiger partial charge in [-0.1, -0.05) is 37.3 Å². The molecular weight excluding hydrogens is 184 g/mol. The van der Waals surface area contributed by atoms with E-state index in [0.29, 0.717) is 11.8 Å². The van der Waals surface area contributed by atoms with E-state index in [2.05, 4.69) is 37.3 Å². The van der Waals surface area contributed by atoms with Gasteiger partial charge in [-0.3, -0.25) is 0 Å². The molecule has 80 valence electrons. The standard InChI is InChI=1S/C14H18O/c1-14(7-8-14)13(15)12-9-11(12)10-5-3-2-4-6-10/h2-6,11-13,15H,7-9H2,1H3. The number of aliphatic hydroxyl groups excluding tert-OH is 1. The van der Waals surface area contributed by atoms with Gasteiger partial charge in [-0.2, -0.15) is 0 Å². The number of hydrogen-bond donors (Lipinski definition) is 1. The Morgan fingerprint density at radius 2 is 1.93 bits per heavy atom. The number of aliphatic hydroxyl groups is 1. The highest BCUT2D eigenvalue weighted by Gasteiger charge is 2.54. The Balaban J connectivity index is 1.69. The summed E-state index contributed by atoms with van der Waals surface area (Å²) < 4.78 is 0. The van der Waals surface area contributed by atoms with Crippen molar-refractivity contribution in [2.75, 3.05) is 0 Å². The molecule has 3 unspecified atom stereocenters. The average molecular weight is 202 g/mol. The van der Waals surface area contributed by atoms with Crippen LogP contribution in [0.5, 0.6) is 0 Å². The first-order chi connectivity index (χ1) is 7.21. The summed E-state index contributed by atoms with van der Waals surface area (Å²) in [6, 6.07) is 10.6. The maximum absolute atomic E-state index is 10.2. The monoisotopic (exact) mass is 202 g/mol. The molecule has 2 fully saturated rings. The number of benzene rings is 1. The van der Waals surface area contributed by atoms with E-state index < -0.39 is 0 Å². The van der Waals surface area contributed by atoms with Gasteiger partial charge >= 0.3 is 0 Å². The Morgan fingerprint density at radius 1 is 1.27 bits per heavy atom. The van der Waals surface area contributed by atoms with Gasteiger partial charge in [0.15, 0.2) is 0 Å². The van der Waals surface area contributed by atoms with Crippen LogP contribution in [-0.2, 0) is 0 Å². The first-order valence-corrected chi connectivity index (χ1v) is 5.94. The van der Waals surface area contributed by atoms with Crippen molar-refractivity contribution in [2.24, 2.45) is 11.3 Å². The van der Waals surface area contributed by atoms with E-state index >= 15 is 0 Å². The smallest absolute Gasteiger partial charge is 0.0627 e. The minimum Gasteiger partial charge on any atom is -0.392 e. The molecule has 0 heterocycles. The topological polar surface area (TPSA) is 20.2 Å². The molecule has 0 aromatic heterocycles. The molecule has 0 bridgehead atoms. The van der Waals surface area contributed by atoms with Crippen LogP contribution < -0.4 is 0 Å². The summed E-state index contributed by atoms with van der Waals surface area (Å²) in [6.07, 6.45) is 3.54. The predicted octanol–water partition coefficient (Wildman–Crippen LogP) is 2.95. The molecule has 1 N–H and O–H groups in total. The maximum Gasteiger partial charge on any atom is 0.0627 e. The lowest BCUT2D eigenvalue weighted by atomic mass is 9.95. The van der Waals surface area contributed by atoms with Crippen LogP contribution in [0.2, 0.25) is 0 Å². The molecule has 2 saturated carbocycles. The van der Waals surface area contributed by atoms with E-state index in [1.807, 2.05) is 0 Å². The molecule has 0 radical (unpaired) electrons. The minimum absolute atomic E-state index is 0.0669. The molecule has 2 aliphatic carbocycles. The highest BCUT2D eigenvalue weighted by Crippen LogP contribution is 2.59.